The van der Waals surface area contributed by atoms with Crippen LogP contribution in [0.4, 0.5) is 4.79 Å². The van der Waals surface area contributed by atoms with Crippen LogP contribution in [0.25, 0.3) is 0 Å². The summed E-state index contributed by atoms with van der Waals surface area (Å²) in [6, 6.07) is 5.77. The molecule has 0 aliphatic rings. The fourth-order valence-corrected chi connectivity index (χ4v) is 4.19. The molecule has 2 N–H and O–H groups in total. The fourth-order valence-electron chi connectivity index (χ4n) is 4.19. The van der Waals surface area contributed by atoms with Gasteiger partial charge in [0.1, 0.15) is 17.7 Å². The van der Waals surface area contributed by atoms with Gasteiger partial charge >= 0.3 is 6.09 Å². The van der Waals surface area contributed by atoms with Gasteiger partial charge in [0.05, 0.1) is 0 Å². The molecule has 1 aromatic rings. The highest BCUT2D eigenvalue weighted by Crippen LogP contribution is 2.29. The Morgan fingerprint density at radius 3 is 1.89 bits per heavy atom. The normalized spacial score (nSPS) is 14.3. The van der Waals surface area contributed by atoms with E-state index in [9.17, 15) is 14.4 Å². The highest BCUT2D eigenvalue weighted by atomic mass is 16.6. The number of carbonyl (C=O) groups excluding carboxylic acids is 3. The van der Waals surface area contributed by atoms with Gasteiger partial charge in [-0.25, -0.2) is 4.79 Å². The molecule has 7 nitrogen and oxygen atoms in total. The van der Waals surface area contributed by atoms with E-state index in [2.05, 4.69) is 24.5 Å². The Bertz CT molecular complexity index is 872. The highest BCUT2D eigenvalue weighted by molar-refractivity contribution is 5.92. The molecule has 0 saturated heterocycles. The van der Waals surface area contributed by atoms with Crippen molar-refractivity contribution >= 4 is 17.9 Å². The lowest BCUT2D eigenvalue weighted by Gasteiger charge is -2.39. The van der Waals surface area contributed by atoms with Crippen molar-refractivity contribution in [3.63, 3.8) is 0 Å². The van der Waals surface area contributed by atoms with E-state index in [0.717, 1.165) is 24.0 Å². The van der Waals surface area contributed by atoms with Crippen LogP contribution in [0.2, 0.25) is 0 Å². The van der Waals surface area contributed by atoms with Gasteiger partial charge in [0.25, 0.3) is 0 Å². The van der Waals surface area contributed by atoms with Crippen LogP contribution in [0.3, 0.4) is 0 Å². The lowest BCUT2D eigenvalue weighted by Crippen LogP contribution is -2.56. The largest absolute Gasteiger partial charge is 0.444 e. The summed E-state index contributed by atoms with van der Waals surface area (Å²) >= 11 is 0. The maximum Gasteiger partial charge on any atom is 0.408 e. The average molecular weight is 518 g/mol. The predicted molar refractivity (Wildman–Crippen MR) is 150 cm³/mol. The number of rotatable bonds is 12. The summed E-state index contributed by atoms with van der Waals surface area (Å²) in [4.78, 5) is 42.4. The number of benzene rings is 1. The van der Waals surface area contributed by atoms with Gasteiger partial charge in [-0.1, -0.05) is 57.5 Å². The minimum atomic E-state index is -0.826. The van der Waals surface area contributed by atoms with Gasteiger partial charge in [0, 0.05) is 12.1 Å². The standard InChI is InChI=1S/C30H51N3O4/c1-19(2)12-15-23(8)33(26(27(34)31-21(5)6)24-16-13-22(7)14-17-24)28(35)25(18-20(3)4)32-29(36)37-30(9,10)11/h13-14,16-17,19-21,23,25-26H,12,15,18H2,1-11H3,(H,31,34)(H,32,36). The van der Waals surface area contributed by atoms with Gasteiger partial charge in [0.2, 0.25) is 11.8 Å². The van der Waals surface area contributed by atoms with Crippen LogP contribution in [0, 0.1) is 18.8 Å². The number of nitrogens with zero attached hydrogens (tertiary/aromatic N) is 1. The molecule has 0 saturated carbocycles. The van der Waals surface area contributed by atoms with Crippen LogP contribution in [-0.4, -0.2) is 46.5 Å². The third-order valence-corrected chi connectivity index (χ3v) is 5.94. The summed E-state index contributed by atoms with van der Waals surface area (Å²) < 4.78 is 5.48. The van der Waals surface area contributed by atoms with Crippen molar-refractivity contribution < 1.29 is 19.1 Å². The van der Waals surface area contributed by atoms with Crippen LogP contribution in [0.1, 0.15) is 106 Å². The summed E-state index contributed by atoms with van der Waals surface area (Å²) in [6.45, 7) is 21.5. The van der Waals surface area contributed by atoms with E-state index in [0.29, 0.717) is 12.3 Å². The molecule has 7 heteroatoms. The van der Waals surface area contributed by atoms with Crippen molar-refractivity contribution in [3.8, 4) is 0 Å². The molecule has 0 radical (unpaired) electrons. The Morgan fingerprint density at radius 2 is 1.43 bits per heavy atom. The van der Waals surface area contributed by atoms with E-state index >= 15 is 0 Å². The summed E-state index contributed by atoms with van der Waals surface area (Å²) in [7, 11) is 0. The number of nitrogens with one attached hydrogen (secondary N) is 2. The van der Waals surface area contributed by atoms with Crippen molar-refractivity contribution in [2.24, 2.45) is 11.8 Å². The first-order chi connectivity index (χ1) is 17.0. The van der Waals surface area contributed by atoms with Crippen molar-refractivity contribution in [2.45, 2.75) is 125 Å². The quantitative estimate of drug-likeness (QED) is 0.348. The molecule has 0 aliphatic carbocycles. The van der Waals surface area contributed by atoms with Gasteiger partial charge in [0.15, 0.2) is 0 Å². The van der Waals surface area contributed by atoms with Crippen LogP contribution < -0.4 is 10.6 Å². The number of ether oxygens (including phenoxy) is 1. The Morgan fingerprint density at radius 1 is 0.865 bits per heavy atom. The highest BCUT2D eigenvalue weighted by Gasteiger charge is 2.39. The topological polar surface area (TPSA) is 87.7 Å². The molecule has 3 atom stereocenters. The van der Waals surface area contributed by atoms with E-state index in [1.807, 2.05) is 65.8 Å². The summed E-state index contributed by atoms with van der Waals surface area (Å²) in [5.41, 5.74) is 1.12. The van der Waals surface area contributed by atoms with Crippen LogP contribution in [0.5, 0.6) is 0 Å². The van der Waals surface area contributed by atoms with Gasteiger partial charge in [-0.05, 0) is 85.1 Å². The Labute approximate surface area is 225 Å². The second-order valence-corrected chi connectivity index (χ2v) is 12.4. The second kappa shape index (κ2) is 14.4. The molecule has 0 spiro atoms. The molecule has 1 rings (SSSR count). The minimum absolute atomic E-state index is 0.0882. The zero-order valence-electron chi connectivity index (χ0n) is 25.0. The zero-order valence-corrected chi connectivity index (χ0v) is 25.0. The van der Waals surface area contributed by atoms with Gasteiger partial charge in [-0.2, -0.15) is 0 Å². The van der Waals surface area contributed by atoms with Gasteiger partial charge < -0.3 is 20.3 Å². The average Bonchev–Trinajstić information content (AvgIpc) is 2.73. The summed E-state index contributed by atoms with van der Waals surface area (Å²) in [5.74, 6) is 0.0801. The molecule has 0 heterocycles. The molecule has 0 fully saturated rings. The zero-order chi connectivity index (χ0) is 28.5. The van der Waals surface area contributed by atoms with Crippen molar-refractivity contribution in [3.05, 3.63) is 35.4 Å². The lowest BCUT2D eigenvalue weighted by molar-refractivity contribution is -0.145. The molecule has 0 bridgehead atoms. The van der Waals surface area contributed by atoms with E-state index in [1.54, 1.807) is 25.7 Å². The predicted octanol–water partition coefficient (Wildman–Crippen LogP) is 6.15. The molecule has 1 aromatic carbocycles. The maximum absolute atomic E-state index is 14.3. The SMILES string of the molecule is Cc1ccc(C(C(=O)NC(C)C)N(C(=O)C(CC(C)C)NC(=O)OC(C)(C)C)C(C)CCC(C)C)cc1. The first kappa shape index (κ1) is 32.5. The van der Waals surface area contributed by atoms with E-state index in [1.165, 1.54) is 0 Å². The molecule has 210 valence electrons. The van der Waals surface area contributed by atoms with Gasteiger partial charge in [-0.3, -0.25) is 9.59 Å². The third-order valence-electron chi connectivity index (χ3n) is 5.94. The third kappa shape index (κ3) is 11.6. The number of hydrogen-bond acceptors (Lipinski definition) is 4. The van der Waals surface area contributed by atoms with E-state index in [-0.39, 0.29) is 29.8 Å². The van der Waals surface area contributed by atoms with Crippen LogP contribution >= 0.6 is 0 Å². The van der Waals surface area contributed by atoms with Crippen molar-refractivity contribution in [1.29, 1.82) is 0 Å². The monoisotopic (exact) mass is 517 g/mol. The lowest BCUT2D eigenvalue weighted by atomic mass is 9.95. The number of aryl methyl sites for hydroxylation is 1. The number of alkyl carbamates (subject to hydrolysis) is 1. The van der Waals surface area contributed by atoms with E-state index < -0.39 is 23.8 Å². The molecule has 3 amide bonds. The molecule has 0 aromatic heterocycles. The molecular weight excluding hydrogens is 466 g/mol. The van der Waals surface area contributed by atoms with Crippen LogP contribution in [0.15, 0.2) is 24.3 Å². The molecular formula is C30H51N3O4. The molecule has 0 aliphatic heterocycles. The molecule has 37 heavy (non-hydrogen) atoms. The Kier molecular flexibility index (Phi) is 12.6. The van der Waals surface area contributed by atoms with Gasteiger partial charge in [-0.15, -0.1) is 0 Å². The number of carbonyl (C=O) groups is 3. The first-order valence-electron chi connectivity index (χ1n) is 13.7. The maximum atomic E-state index is 14.3. The molecule has 3 unspecified atom stereocenters. The summed E-state index contributed by atoms with van der Waals surface area (Å²) in [6.07, 6.45) is 1.44. The minimum Gasteiger partial charge on any atom is -0.444 e. The number of amides is 3. The Balaban J connectivity index is 3.59. The summed E-state index contributed by atoms with van der Waals surface area (Å²) in [5, 5.41) is 5.83. The van der Waals surface area contributed by atoms with E-state index in [4.69, 9.17) is 4.74 Å². The smallest absolute Gasteiger partial charge is 0.408 e. The van der Waals surface area contributed by atoms with Crippen LogP contribution in [-0.2, 0) is 14.3 Å². The first-order valence-corrected chi connectivity index (χ1v) is 13.7. The Hall–Kier alpha value is -2.57. The second-order valence-electron chi connectivity index (χ2n) is 12.4. The van der Waals surface area contributed by atoms with Crippen molar-refractivity contribution in [2.75, 3.05) is 0 Å². The van der Waals surface area contributed by atoms with Crippen molar-refractivity contribution in [1.82, 2.24) is 15.5 Å². The number of hydrogen-bond donors (Lipinski definition) is 2. The fraction of sp³-hybridized carbons (Fsp3) is 0.700.